The second kappa shape index (κ2) is 6.89. The maximum Gasteiger partial charge on any atom is 0.282 e. The van der Waals surface area contributed by atoms with E-state index in [2.05, 4.69) is 22.2 Å². The summed E-state index contributed by atoms with van der Waals surface area (Å²) in [5, 5.41) is 3.16. The van der Waals surface area contributed by atoms with Crippen molar-refractivity contribution in [3.63, 3.8) is 0 Å². The Hall–Kier alpha value is -3.39. The Kier molecular flexibility index (Phi) is 4.21. The predicted molar refractivity (Wildman–Crippen MR) is 107 cm³/mol. The van der Waals surface area contributed by atoms with Crippen molar-refractivity contribution in [1.29, 1.82) is 0 Å². The number of anilines is 1. The predicted octanol–water partition coefficient (Wildman–Crippen LogP) is 1.35. The van der Waals surface area contributed by atoms with Crippen LogP contribution in [0.15, 0.2) is 69.4 Å². The summed E-state index contributed by atoms with van der Waals surface area (Å²) >= 11 is 0. The lowest BCUT2D eigenvalue weighted by Gasteiger charge is -2.36. The number of guanidine groups is 1. The summed E-state index contributed by atoms with van der Waals surface area (Å²) in [6.45, 7) is 3.39. The molecule has 1 N–H and O–H groups in total. The number of carbonyl (C=O) groups excluding carboxylic acids is 2. The first-order valence-electron chi connectivity index (χ1n) is 9.63. The SMILES string of the molecule is CN1CCN(C2=NC(c3ccco3)C3=C(N2)C(=O)N(c2ccccc2)C3=O)CC1. The van der Waals surface area contributed by atoms with Crippen molar-refractivity contribution in [2.45, 2.75) is 6.04 Å². The number of carbonyl (C=O) groups is 2. The van der Waals surface area contributed by atoms with Gasteiger partial charge in [0.1, 0.15) is 17.5 Å². The molecule has 148 valence electrons. The van der Waals surface area contributed by atoms with Crippen molar-refractivity contribution in [2.24, 2.45) is 4.99 Å². The van der Waals surface area contributed by atoms with Crippen LogP contribution in [0, 0.1) is 0 Å². The van der Waals surface area contributed by atoms with Gasteiger partial charge in [-0.1, -0.05) is 18.2 Å². The second-order valence-electron chi connectivity index (χ2n) is 7.36. The molecule has 1 saturated heterocycles. The zero-order chi connectivity index (χ0) is 20.0. The zero-order valence-corrected chi connectivity index (χ0v) is 16.0. The van der Waals surface area contributed by atoms with Crippen LogP contribution in [-0.2, 0) is 9.59 Å². The molecule has 1 aromatic heterocycles. The van der Waals surface area contributed by atoms with Crippen LogP contribution in [0.3, 0.4) is 0 Å². The first-order chi connectivity index (χ1) is 14.1. The topological polar surface area (TPSA) is 81.4 Å². The molecule has 1 aromatic carbocycles. The van der Waals surface area contributed by atoms with Crippen LogP contribution in [-0.4, -0.2) is 60.8 Å². The van der Waals surface area contributed by atoms with Gasteiger partial charge in [0.15, 0.2) is 5.96 Å². The minimum absolute atomic E-state index is 0.282. The molecule has 8 nitrogen and oxygen atoms in total. The van der Waals surface area contributed by atoms with E-state index in [1.54, 1.807) is 42.7 Å². The molecule has 2 amide bonds. The van der Waals surface area contributed by atoms with E-state index in [9.17, 15) is 9.59 Å². The molecule has 8 heteroatoms. The largest absolute Gasteiger partial charge is 0.467 e. The van der Waals surface area contributed by atoms with Crippen LogP contribution >= 0.6 is 0 Å². The number of nitrogens with one attached hydrogen (secondary N) is 1. The molecule has 1 fully saturated rings. The highest BCUT2D eigenvalue weighted by Gasteiger charge is 2.47. The number of hydrogen-bond acceptors (Lipinski definition) is 7. The van der Waals surface area contributed by atoms with E-state index in [1.807, 2.05) is 6.07 Å². The van der Waals surface area contributed by atoms with Gasteiger partial charge < -0.3 is 19.5 Å². The van der Waals surface area contributed by atoms with Crippen LogP contribution in [0.1, 0.15) is 11.8 Å². The molecule has 2 aromatic rings. The summed E-state index contributed by atoms with van der Waals surface area (Å²) in [5.41, 5.74) is 1.15. The van der Waals surface area contributed by atoms with Crippen molar-refractivity contribution in [2.75, 3.05) is 38.1 Å². The third-order valence-electron chi connectivity index (χ3n) is 5.51. The van der Waals surface area contributed by atoms with Gasteiger partial charge in [-0.2, -0.15) is 0 Å². The summed E-state index contributed by atoms with van der Waals surface area (Å²) in [7, 11) is 2.08. The number of para-hydroxylation sites is 1. The molecule has 3 aliphatic heterocycles. The average molecular weight is 391 g/mol. The Morgan fingerprint density at radius 3 is 2.45 bits per heavy atom. The molecule has 1 unspecified atom stereocenters. The summed E-state index contributed by atoms with van der Waals surface area (Å²) in [5.74, 6) is 0.413. The number of amides is 2. The number of benzene rings is 1. The zero-order valence-electron chi connectivity index (χ0n) is 16.0. The highest BCUT2D eigenvalue weighted by Crippen LogP contribution is 2.38. The Morgan fingerprint density at radius 1 is 1.00 bits per heavy atom. The summed E-state index contributed by atoms with van der Waals surface area (Å²) in [6.07, 6.45) is 1.55. The van der Waals surface area contributed by atoms with Gasteiger partial charge in [0.2, 0.25) is 0 Å². The van der Waals surface area contributed by atoms with Gasteiger partial charge in [-0.25, -0.2) is 9.89 Å². The van der Waals surface area contributed by atoms with Crippen molar-refractivity contribution in [3.8, 4) is 0 Å². The average Bonchev–Trinajstić information content (AvgIpc) is 3.36. The lowest BCUT2D eigenvalue weighted by Crippen LogP contribution is -2.52. The van der Waals surface area contributed by atoms with Crippen LogP contribution in [0.4, 0.5) is 5.69 Å². The van der Waals surface area contributed by atoms with Crippen molar-refractivity contribution in [3.05, 3.63) is 65.8 Å². The third kappa shape index (κ3) is 2.92. The van der Waals surface area contributed by atoms with Gasteiger partial charge in [0, 0.05) is 26.2 Å². The standard InChI is InChI=1S/C21H21N5O3/c1-24-9-11-25(12-10-24)21-22-17(15-8-5-13-29-15)16-18(23-21)20(28)26(19(16)27)14-6-3-2-4-7-14/h2-8,13,17H,9-12H2,1H3,(H,22,23). The number of imide groups is 1. The second-order valence-corrected chi connectivity index (χ2v) is 7.36. The summed E-state index contributed by atoms with van der Waals surface area (Å²) < 4.78 is 5.58. The molecule has 3 aliphatic rings. The van der Waals surface area contributed by atoms with Crippen molar-refractivity contribution in [1.82, 2.24) is 15.1 Å². The number of hydrogen-bond donors (Lipinski definition) is 1. The van der Waals surface area contributed by atoms with Crippen LogP contribution in [0.2, 0.25) is 0 Å². The fourth-order valence-corrected chi connectivity index (χ4v) is 3.90. The Bertz CT molecular complexity index is 1000. The molecule has 4 heterocycles. The van der Waals surface area contributed by atoms with Crippen LogP contribution < -0.4 is 10.2 Å². The number of piperazine rings is 1. The third-order valence-corrected chi connectivity index (χ3v) is 5.51. The smallest absolute Gasteiger partial charge is 0.282 e. The highest BCUT2D eigenvalue weighted by atomic mass is 16.3. The molecule has 0 spiro atoms. The Balaban J connectivity index is 1.53. The van der Waals surface area contributed by atoms with E-state index in [0.29, 0.717) is 23.0 Å². The normalized spacial score (nSPS) is 22.7. The molecule has 0 saturated carbocycles. The van der Waals surface area contributed by atoms with Gasteiger partial charge in [0.25, 0.3) is 11.8 Å². The number of aliphatic imine (C=N–C) groups is 1. The van der Waals surface area contributed by atoms with Crippen molar-refractivity contribution < 1.29 is 14.0 Å². The van der Waals surface area contributed by atoms with E-state index in [4.69, 9.17) is 9.41 Å². The van der Waals surface area contributed by atoms with Gasteiger partial charge in [0.05, 0.1) is 17.5 Å². The number of nitrogens with zero attached hydrogens (tertiary/aromatic N) is 4. The van der Waals surface area contributed by atoms with E-state index < -0.39 is 6.04 Å². The maximum atomic E-state index is 13.3. The van der Waals surface area contributed by atoms with E-state index in [0.717, 1.165) is 26.2 Å². The Morgan fingerprint density at radius 2 is 1.76 bits per heavy atom. The molecule has 5 rings (SSSR count). The first kappa shape index (κ1) is 17.7. The molecular weight excluding hydrogens is 370 g/mol. The van der Waals surface area contributed by atoms with Gasteiger partial charge >= 0.3 is 0 Å². The first-order valence-corrected chi connectivity index (χ1v) is 9.63. The summed E-state index contributed by atoms with van der Waals surface area (Å²) in [4.78, 5) is 36.8. The van der Waals surface area contributed by atoms with Gasteiger partial charge in [-0.05, 0) is 31.3 Å². The highest BCUT2D eigenvalue weighted by molar-refractivity contribution is 6.34. The fourth-order valence-electron chi connectivity index (χ4n) is 3.90. The molecule has 0 bridgehead atoms. The lowest BCUT2D eigenvalue weighted by molar-refractivity contribution is -0.120. The Labute approximate surface area is 168 Å². The quantitative estimate of drug-likeness (QED) is 0.779. The van der Waals surface area contributed by atoms with Crippen molar-refractivity contribution >= 4 is 23.5 Å². The fraction of sp³-hybridized carbons (Fsp3) is 0.286. The monoisotopic (exact) mass is 391 g/mol. The number of furan rings is 1. The maximum absolute atomic E-state index is 13.3. The molecule has 1 atom stereocenters. The summed E-state index contributed by atoms with van der Waals surface area (Å²) in [6, 6.07) is 11.8. The molecule has 0 aliphatic carbocycles. The van der Waals surface area contributed by atoms with E-state index in [1.165, 1.54) is 4.90 Å². The number of rotatable bonds is 2. The molecule has 0 radical (unpaired) electrons. The number of likely N-dealkylation sites (N-methyl/N-ethyl adjacent to an activating group) is 1. The lowest BCUT2D eigenvalue weighted by atomic mass is 10.0. The van der Waals surface area contributed by atoms with E-state index in [-0.39, 0.29) is 17.5 Å². The minimum Gasteiger partial charge on any atom is -0.467 e. The molecule has 29 heavy (non-hydrogen) atoms. The van der Waals surface area contributed by atoms with Gasteiger partial charge in [-0.3, -0.25) is 9.59 Å². The van der Waals surface area contributed by atoms with E-state index >= 15 is 0 Å². The van der Waals surface area contributed by atoms with Crippen LogP contribution in [0.25, 0.3) is 0 Å². The van der Waals surface area contributed by atoms with Gasteiger partial charge in [-0.15, -0.1) is 0 Å². The molecular formula is C21H21N5O3. The van der Waals surface area contributed by atoms with Crippen LogP contribution in [0.5, 0.6) is 0 Å². The minimum atomic E-state index is -0.652.